The average molecular weight is 327 g/mol. The summed E-state index contributed by atoms with van der Waals surface area (Å²) in [5.41, 5.74) is 0.344. The van der Waals surface area contributed by atoms with Gasteiger partial charge in [0.15, 0.2) is 6.10 Å². The van der Waals surface area contributed by atoms with Crippen molar-refractivity contribution in [1.82, 2.24) is 5.32 Å². The maximum atomic E-state index is 12.6. The highest BCUT2D eigenvalue weighted by Gasteiger charge is 2.53. The molecule has 0 heterocycles. The van der Waals surface area contributed by atoms with Crippen LogP contribution in [0.2, 0.25) is 0 Å². The van der Waals surface area contributed by atoms with E-state index in [4.69, 9.17) is 4.74 Å². The number of amides is 1. The van der Waals surface area contributed by atoms with Crippen molar-refractivity contribution >= 4 is 5.91 Å². The molecule has 4 bridgehead atoms. The van der Waals surface area contributed by atoms with Crippen LogP contribution in [0.1, 0.15) is 52.4 Å². The topological polar surface area (TPSA) is 38.3 Å². The quantitative estimate of drug-likeness (QED) is 0.881. The predicted octanol–water partition coefficient (Wildman–Crippen LogP) is 4.18. The van der Waals surface area contributed by atoms with Gasteiger partial charge in [-0.25, -0.2) is 0 Å². The van der Waals surface area contributed by atoms with Crippen LogP contribution in [0.15, 0.2) is 30.3 Å². The average Bonchev–Trinajstić information content (AvgIpc) is 2.54. The van der Waals surface area contributed by atoms with E-state index in [0.29, 0.717) is 5.41 Å². The van der Waals surface area contributed by atoms with Gasteiger partial charge in [-0.15, -0.1) is 0 Å². The Labute approximate surface area is 145 Å². The molecule has 1 aromatic rings. The summed E-state index contributed by atoms with van der Waals surface area (Å²) in [6.45, 7) is 4.06. The van der Waals surface area contributed by atoms with E-state index in [1.54, 1.807) is 0 Å². The Bertz CT molecular complexity index is 562. The molecule has 4 saturated carbocycles. The van der Waals surface area contributed by atoms with Gasteiger partial charge in [0.25, 0.3) is 5.91 Å². The molecule has 5 rings (SSSR count). The van der Waals surface area contributed by atoms with Crippen molar-refractivity contribution in [3.63, 3.8) is 0 Å². The molecule has 3 heteroatoms. The maximum Gasteiger partial charge on any atom is 0.261 e. The zero-order valence-electron chi connectivity index (χ0n) is 14.8. The van der Waals surface area contributed by atoms with Gasteiger partial charge in [0.05, 0.1) is 0 Å². The maximum absolute atomic E-state index is 12.6. The smallest absolute Gasteiger partial charge is 0.261 e. The first-order valence-corrected chi connectivity index (χ1v) is 9.56. The third kappa shape index (κ3) is 2.94. The molecule has 3 nitrogen and oxygen atoms in total. The van der Waals surface area contributed by atoms with Gasteiger partial charge < -0.3 is 10.1 Å². The number of hydrogen-bond acceptors (Lipinski definition) is 2. The molecule has 0 saturated heterocycles. The largest absolute Gasteiger partial charge is 0.481 e. The second kappa shape index (κ2) is 6.09. The third-order valence-corrected chi connectivity index (χ3v) is 6.79. The Balaban J connectivity index is 1.38. The number of ether oxygens (including phenoxy) is 1. The van der Waals surface area contributed by atoms with Crippen LogP contribution in [0.4, 0.5) is 0 Å². The first-order valence-electron chi connectivity index (χ1n) is 9.56. The number of benzene rings is 1. The standard InChI is InChI=1S/C21H29NO2/c1-14(24-19-6-4-3-5-7-19)20(23)22-15(2)21-11-16-8-17(12-21)10-18(9-16)13-21/h3-7,14-18H,8-13H2,1-2H3,(H,22,23)/t14-,15+,16?,17?,18?,21?/m1/s1. The fourth-order valence-electron chi connectivity index (χ4n) is 5.95. The highest BCUT2D eigenvalue weighted by molar-refractivity contribution is 5.81. The minimum atomic E-state index is -0.455. The summed E-state index contributed by atoms with van der Waals surface area (Å²) < 4.78 is 5.78. The second-order valence-electron chi connectivity index (χ2n) is 8.58. The van der Waals surface area contributed by atoms with E-state index in [1.165, 1.54) is 38.5 Å². The van der Waals surface area contributed by atoms with Crippen LogP contribution in [-0.4, -0.2) is 18.1 Å². The molecule has 1 aromatic carbocycles. The second-order valence-corrected chi connectivity index (χ2v) is 8.58. The zero-order chi connectivity index (χ0) is 16.7. The number of hydrogen-bond donors (Lipinski definition) is 1. The lowest BCUT2D eigenvalue weighted by Crippen LogP contribution is -2.57. The summed E-state index contributed by atoms with van der Waals surface area (Å²) in [5.74, 6) is 3.50. The number of para-hydroxylation sites is 1. The Kier molecular flexibility index (Phi) is 4.06. The molecule has 0 spiro atoms. The molecule has 0 aromatic heterocycles. The van der Waals surface area contributed by atoms with E-state index in [9.17, 15) is 4.79 Å². The Morgan fingerprint density at radius 2 is 1.58 bits per heavy atom. The molecule has 1 amide bonds. The van der Waals surface area contributed by atoms with Gasteiger partial charge in [0.1, 0.15) is 5.75 Å². The van der Waals surface area contributed by atoms with Crippen molar-refractivity contribution in [2.45, 2.75) is 64.5 Å². The van der Waals surface area contributed by atoms with E-state index in [2.05, 4.69) is 12.2 Å². The molecule has 1 N–H and O–H groups in total. The molecular formula is C21H29NO2. The molecule has 4 fully saturated rings. The van der Waals surface area contributed by atoms with Crippen LogP contribution < -0.4 is 10.1 Å². The number of carbonyl (C=O) groups is 1. The lowest BCUT2D eigenvalue weighted by atomic mass is 9.48. The molecule has 0 radical (unpaired) electrons. The highest BCUT2D eigenvalue weighted by Crippen LogP contribution is 2.61. The van der Waals surface area contributed by atoms with Crippen LogP contribution in [0.25, 0.3) is 0 Å². The van der Waals surface area contributed by atoms with Crippen molar-refractivity contribution < 1.29 is 9.53 Å². The van der Waals surface area contributed by atoms with Crippen molar-refractivity contribution in [1.29, 1.82) is 0 Å². The number of nitrogens with one attached hydrogen (secondary N) is 1. The van der Waals surface area contributed by atoms with Crippen molar-refractivity contribution in [2.24, 2.45) is 23.2 Å². The van der Waals surface area contributed by atoms with E-state index in [0.717, 1.165) is 23.5 Å². The molecule has 4 aliphatic carbocycles. The number of carbonyl (C=O) groups excluding carboxylic acids is 1. The van der Waals surface area contributed by atoms with Crippen molar-refractivity contribution in [3.05, 3.63) is 30.3 Å². The van der Waals surface area contributed by atoms with Crippen LogP contribution in [0.3, 0.4) is 0 Å². The minimum absolute atomic E-state index is 0.0158. The summed E-state index contributed by atoms with van der Waals surface area (Å²) in [4.78, 5) is 12.6. The zero-order valence-corrected chi connectivity index (χ0v) is 14.8. The summed E-state index contributed by atoms with van der Waals surface area (Å²) in [6, 6.07) is 9.85. The molecule has 2 atom stereocenters. The normalized spacial score (nSPS) is 36.2. The van der Waals surface area contributed by atoms with E-state index >= 15 is 0 Å². The first kappa shape index (κ1) is 16.0. The van der Waals surface area contributed by atoms with Gasteiger partial charge in [0.2, 0.25) is 0 Å². The molecule has 24 heavy (non-hydrogen) atoms. The van der Waals surface area contributed by atoms with Crippen LogP contribution in [0, 0.1) is 23.2 Å². The van der Waals surface area contributed by atoms with Crippen LogP contribution in [-0.2, 0) is 4.79 Å². The Morgan fingerprint density at radius 1 is 1.04 bits per heavy atom. The molecule has 0 unspecified atom stereocenters. The van der Waals surface area contributed by atoms with Gasteiger partial charge in [0, 0.05) is 6.04 Å². The monoisotopic (exact) mass is 327 g/mol. The summed E-state index contributed by atoms with van der Waals surface area (Å²) in [5, 5.41) is 3.29. The molecular weight excluding hydrogens is 298 g/mol. The highest BCUT2D eigenvalue weighted by atomic mass is 16.5. The van der Waals surface area contributed by atoms with E-state index in [1.807, 2.05) is 37.3 Å². The minimum Gasteiger partial charge on any atom is -0.481 e. The molecule has 130 valence electrons. The Hall–Kier alpha value is -1.51. The van der Waals surface area contributed by atoms with Crippen LogP contribution >= 0.6 is 0 Å². The fraction of sp³-hybridized carbons (Fsp3) is 0.667. The van der Waals surface area contributed by atoms with E-state index < -0.39 is 6.10 Å². The number of rotatable bonds is 5. The Morgan fingerprint density at radius 3 is 2.12 bits per heavy atom. The summed E-state index contributed by atoms with van der Waals surface area (Å²) >= 11 is 0. The predicted molar refractivity (Wildman–Crippen MR) is 94.7 cm³/mol. The SMILES string of the molecule is C[C@H](NC(=O)[C@@H](C)Oc1ccccc1)C12CC3CC(CC(C3)C1)C2. The third-order valence-electron chi connectivity index (χ3n) is 6.79. The summed E-state index contributed by atoms with van der Waals surface area (Å²) in [6.07, 6.45) is 7.80. The van der Waals surface area contributed by atoms with E-state index in [-0.39, 0.29) is 11.9 Å². The molecule has 4 aliphatic rings. The lowest BCUT2D eigenvalue weighted by molar-refractivity contribution is -0.131. The lowest BCUT2D eigenvalue weighted by Gasteiger charge is -2.59. The van der Waals surface area contributed by atoms with Gasteiger partial charge in [-0.2, -0.15) is 0 Å². The van der Waals surface area contributed by atoms with Crippen LogP contribution in [0.5, 0.6) is 5.75 Å². The van der Waals surface area contributed by atoms with Gasteiger partial charge in [-0.3, -0.25) is 4.79 Å². The first-order chi connectivity index (χ1) is 11.5. The van der Waals surface area contributed by atoms with Gasteiger partial charge in [-0.1, -0.05) is 18.2 Å². The summed E-state index contributed by atoms with van der Waals surface area (Å²) in [7, 11) is 0. The van der Waals surface area contributed by atoms with Gasteiger partial charge >= 0.3 is 0 Å². The van der Waals surface area contributed by atoms with Gasteiger partial charge in [-0.05, 0) is 87.7 Å². The van der Waals surface area contributed by atoms with Crippen molar-refractivity contribution in [3.8, 4) is 5.75 Å². The fourth-order valence-corrected chi connectivity index (χ4v) is 5.95. The molecule has 0 aliphatic heterocycles. The van der Waals surface area contributed by atoms with Crippen molar-refractivity contribution in [2.75, 3.05) is 0 Å².